The fraction of sp³-hybridized carbons (Fsp3) is 0.409. The van der Waals surface area contributed by atoms with E-state index in [9.17, 15) is 4.79 Å². The van der Waals surface area contributed by atoms with E-state index in [1.165, 1.54) is 0 Å². The van der Waals surface area contributed by atoms with Gasteiger partial charge in [0.25, 0.3) is 0 Å². The van der Waals surface area contributed by atoms with Crippen molar-refractivity contribution >= 4 is 15.0 Å². The number of hydrogen-bond acceptors (Lipinski definition) is 1. The van der Waals surface area contributed by atoms with Gasteiger partial charge in [0.1, 0.15) is 0 Å². The van der Waals surface area contributed by atoms with Gasteiger partial charge in [0.05, 0.1) is 0 Å². The van der Waals surface area contributed by atoms with Crippen LogP contribution in [0.2, 0.25) is 0 Å². The summed E-state index contributed by atoms with van der Waals surface area (Å²) in [6.07, 6.45) is 2.73. The van der Waals surface area contributed by atoms with Gasteiger partial charge in [-0.2, -0.15) is 0 Å². The lowest BCUT2D eigenvalue weighted by molar-refractivity contribution is 0.0918. The van der Waals surface area contributed by atoms with E-state index < -0.39 is 0 Å². The van der Waals surface area contributed by atoms with Crippen molar-refractivity contribution in [2.24, 2.45) is 11.3 Å². The highest BCUT2D eigenvalue weighted by Crippen LogP contribution is 2.34. The zero-order valence-electron chi connectivity index (χ0n) is 15.3. The number of carbonyl (C=O) groups excluding carboxylic acids is 1. The summed E-state index contributed by atoms with van der Waals surface area (Å²) in [5, 5.41) is 0. The molecule has 0 spiro atoms. The Morgan fingerprint density at radius 1 is 1.08 bits per heavy atom. The zero-order valence-corrected chi connectivity index (χ0v) is 16.5. The van der Waals surface area contributed by atoms with Crippen molar-refractivity contribution < 1.29 is 4.79 Å². The van der Waals surface area contributed by atoms with Gasteiger partial charge in [-0.05, 0) is 47.5 Å². The summed E-state index contributed by atoms with van der Waals surface area (Å²) in [4.78, 5) is 13.1. The summed E-state index contributed by atoms with van der Waals surface area (Å²) in [6, 6.07) is 16.4. The number of carbonyl (C=O) groups is 1. The number of ketones is 1. The van der Waals surface area contributed by atoms with Gasteiger partial charge in [-0.3, -0.25) is 4.79 Å². The van der Waals surface area contributed by atoms with E-state index in [1.54, 1.807) is 0 Å². The van der Waals surface area contributed by atoms with Gasteiger partial charge < -0.3 is 0 Å². The van der Waals surface area contributed by atoms with Crippen LogP contribution in [-0.2, 0) is 0 Å². The predicted octanol–water partition coefficient (Wildman–Crippen LogP) is 6.16. The van der Waals surface area contributed by atoms with Crippen LogP contribution in [0, 0.1) is 18.3 Å². The second kappa shape index (κ2) is 8.08. The number of benzene rings is 2. The molecule has 0 fully saturated rings. The lowest BCUT2D eigenvalue weighted by Crippen LogP contribution is -2.21. The molecule has 0 radical (unpaired) electrons. The number of Topliss-reactive ketones (excluding diaryl/α,β-unsaturated/α-hetero) is 1. The average molecular weight is 340 g/mol. The van der Waals surface area contributed by atoms with Crippen LogP contribution < -0.4 is 0 Å². The Balaban J connectivity index is 2.33. The molecule has 2 aromatic carbocycles. The molecule has 1 nitrogen and oxygen atoms in total. The third kappa shape index (κ3) is 4.77. The molecule has 0 N–H and O–H groups in total. The normalized spacial score (nSPS) is 12.9. The molecule has 2 aromatic rings. The Labute approximate surface area is 149 Å². The quantitative estimate of drug-likeness (QED) is 0.435. The fourth-order valence-corrected chi connectivity index (χ4v) is 3.68. The minimum atomic E-state index is 0.0172. The highest BCUT2D eigenvalue weighted by Gasteiger charge is 2.26. The van der Waals surface area contributed by atoms with E-state index in [0.29, 0.717) is 12.3 Å². The van der Waals surface area contributed by atoms with Crippen LogP contribution in [0.3, 0.4) is 0 Å². The Bertz CT molecular complexity index is 688. The first-order valence-corrected chi connectivity index (χ1v) is 9.54. The lowest BCUT2D eigenvalue weighted by Gasteiger charge is -2.27. The minimum absolute atomic E-state index is 0.0172. The molecule has 0 heterocycles. The van der Waals surface area contributed by atoms with Crippen LogP contribution in [0.5, 0.6) is 0 Å². The maximum atomic E-state index is 13.1. The second-order valence-electron chi connectivity index (χ2n) is 7.67. The van der Waals surface area contributed by atoms with Crippen LogP contribution in [-0.4, -0.2) is 11.9 Å². The van der Waals surface area contributed by atoms with Crippen LogP contribution in [0.15, 0.2) is 48.5 Å². The summed E-state index contributed by atoms with van der Waals surface area (Å²) in [5.41, 5.74) is 4.13. The first-order valence-electron chi connectivity index (χ1n) is 8.72. The molecule has 24 heavy (non-hydrogen) atoms. The van der Waals surface area contributed by atoms with E-state index in [4.69, 9.17) is 0 Å². The zero-order chi connectivity index (χ0) is 17.7. The number of hydrogen-bond donors (Lipinski definition) is 0. The summed E-state index contributed by atoms with van der Waals surface area (Å²) < 4.78 is 0. The van der Waals surface area contributed by atoms with Crippen molar-refractivity contribution in [2.45, 2.75) is 40.5 Å². The van der Waals surface area contributed by atoms with Crippen molar-refractivity contribution in [3.05, 3.63) is 59.7 Å². The molecule has 0 saturated heterocycles. The Hall–Kier alpha value is -1.46. The standard InChI is InChI=1S/C22H29OP/c1-16(15-24)13-22(3,4)14-20(23)21-17(2)9-8-12-19(21)18-10-6-5-7-11-18/h5-12,16H,13-15,24H2,1-4H3. The minimum Gasteiger partial charge on any atom is -0.294 e. The smallest absolute Gasteiger partial charge is 0.164 e. The maximum Gasteiger partial charge on any atom is 0.164 e. The summed E-state index contributed by atoms with van der Waals surface area (Å²) in [6.45, 7) is 8.71. The Kier molecular flexibility index (Phi) is 6.35. The van der Waals surface area contributed by atoms with E-state index in [1.807, 2.05) is 37.3 Å². The Morgan fingerprint density at radius 2 is 1.75 bits per heavy atom. The first-order chi connectivity index (χ1) is 11.3. The molecular weight excluding hydrogens is 311 g/mol. The molecule has 2 heteroatoms. The molecule has 0 bridgehead atoms. The first kappa shape index (κ1) is 18.9. The largest absolute Gasteiger partial charge is 0.294 e. The molecule has 0 aromatic heterocycles. The second-order valence-corrected chi connectivity index (χ2v) is 8.14. The van der Waals surface area contributed by atoms with Gasteiger partial charge in [-0.25, -0.2) is 0 Å². The fourth-order valence-electron chi connectivity index (χ4n) is 3.52. The lowest BCUT2D eigenvalue weighted by atomic mass is 9.77. The van der Waals surface area contributed by atoms with E-state index in [-0.39, 0.29) is 11.2 Å². The molecule has 0 saturated carbocycles. The topological polar surface area (TPSA) is 17.1 Å². The van der Waals surface area contributed by atoms with E-state index >= 15 is 0 Å². The SMILES string of the molecule is Cc1cccc(-c2ccccc2)c1C(=O)CC(C)(C)CC(C)CP. The number of rotatable bonds is 7. The van der Waals surface area contributed by atoms with Crippen LogP contribution in [0.1, 0.15) is 49.5 Å². The Morgan fingerprint density at radius 3 is 2.38 bits per heavy atom. The summed E-state index contributed by atoms with van der Waals surface area (Å²) in [7, 11) is 2.81. The summed E-state index contributed by atoms with van der Waals surface area (Å²) >= 11 is 0. The summed E-state index contributed by atoms with van der Waals surface area (Å²) in [5.74, 6) is 0.871. The van der Waals surface area contributed by atoms with Crippen molar-refractivity contribution in [1.82, 2.24) is 0 Å². The van der Waals surface area contributed by atoms with Crippen molar-refractivity contribution in [3.8, 4) is 11.1 Å². The van der Waals surface area contributed by atoms with Gasteiger partial charge >= 0.3 is 0 Å². The van der Waals surface area contributed by atoms with Gasteiger partial charge in [0.2, 0.25) is 0 Å². The molecular formula is C22H29OP. The van der Waals surface area contributed by atoms with Crippen molar-refractivity contribution in [3.63, 3.8) is 0 Å². The van der Waals surface area contributed by atoms with Gasteiger partial charge in [0.15, 0.2) is 5.78 Å². The molecule has 2 atom stereocenters. The molecule has 2 unspecified atom stereocenters. The molecule has 0 amide bonds. The monoisotopic (exact) mass is 340 g/mol. The number of aryl methyl sites for hydroxylation is 1. The third-order valence-corrected chi connectivity index (χ3v) is 5.38. The van der Waals surface area contributed by atoms with Gasteiger partial charge in [-0.1, -0.05) is 69.3 Å². The molecule has 0 aliphatic heterocycles. The van der Waals surface area contributed by atoms with Gasteiger partial charge in [-0.15, -0.1) is 9.24 Å². The highest BCUT2D eigenvalue weighted by atomic mass is 31.0. The van der Waals surface area contributed by atoms with E-state index in [0.717, 1.165) is 34.8 Å². The molecule has 128 valence electrons. The van der Waals surface area contributed by atoms with Crippen molar-refractivity contribution in [2.75, 3.05) is 6.16 Å². The van der Waals surface area contributed by atoms with Crippen LogP contribution in [0.4, 0.5) is 0 Å². The predicted molar refractivity (Wildman–Crippen MR) is 108 cm³/mol. The van der Waals surface area contributed by atoms with Crippen molar-refractivity contribution in [1.29, 1.82) is 0 Å². The van der Waals surface area contributed by atoms with E-state index in [2.05, 4.69) is 48.2 Å². The highest BCUT2D eigenvalue weighted by molar-refractivity contribution is 7.16. The molecule has 2 rings (SSSR count). The third-order valence-electron chi connectivity index (χ3n) is 4.58. The molecule has 0 aliphatic rings. The average Bonchev–Trinajstić information content (AvgIpc) is 2.54. The molecule has 0 aliphatic carbocycles. The van der Waals surface area contributed by atoms with Gasteiger partial charge in [0, 0.05) is 12.0 Å². The van der Waals surface area contributed by atoms with Crippen LogP contribution >= 0.6 is 9.24 Å². The maximum absolute atomic E-state index is 13.1. The van der Waals surface area contributed by atoms with Crippen LogP contribution in [0.25, 0.3) is 11.1 Å².